The molecule has 0 aliphatic heterocycles. The number of alkyl halides is 2. The van der Waals surface area contributed by atoms with Gasteiger partial charge in [0.15, 0.2) is 0 Å². The molecule has 1 aromatic rings. The molecule has 0 saturated heterocycles. The zero-order chi connectivity index (χ0) is 11.1. The van der Waals surface area contributed by atoms with E-state index >= 15 is 0 Å². The summed E-state index contributed by atoms with van der Waals surface area (Å²) in [5, 5.41) is 3.88. The van der Waals surface area contributed by atoms with Crippen molar-refractivity contribution in [1.82, 2.24) is 10.3 Å². The molecule has 0 unspecified atom stereocenters. The van der Waals surface area contributed by atoms with Gasteiger partial charge in [-0.3, -0.25) is 0 Å². The first-order valence-electron chi connectivity index (χ1n) is 4.35. The number of nitrogens with one attached hydrogen (secondary N) is 1. The van der Waals surface area contributed by atoms with Crippen LogP contribution in [0.15, 0.2) is 6.20 Å². The van der Waals surface area contributed by atoms with Crippen LogP contribution in [0.4, 0.5) is 8.78 Å². The van der Waals surface area contributed by atoms with Gasteiger partial charge in [0.1, 0.15) is 16.0 Å². The first kappa shape index (κ1) is 12.8. The van der Waals surface area contributed by atoms with Gasteiger partial charge in [-0.1, -0.05) is 11.6 Å². The fraction of sp³-hybridized carbons (Fsp3) is 0.625. The highest BCUT2D eigenvalue weighted by Gasteiger charge is 2.01. The summed E-state index contributed by atoms with van der Waals surface area (Å²) in [4.78, 5) is 4.03. The molecular formula is C8H11ClF2N2OS. The van der Waals surface area contributed by atoms with Gasteiger partial charge in [0.2, 0.25) is 0 Å². The Kier molecular flexibility index (Phi) is 6.00. The zero-order valence-corrected chi connectivity index (χ0v) is 9.45. The summed E-state index contributed by atoms with van der Waals surface area (Å²) in [5.41, 5.74) is 0. The van der Waals surface area contributed by atoms with Gasteiger partial charge in [-0.15, -0.1) is 11.3 Å². The number of ether oxygens (including phenoxy) is 1. The molecule has 3 nitrogen and oxygen atoms in total. The molecule has 1 aromatic heterocycles. The normalized spacial score (nSPS) is 11.2. The minimum absolute atomic E-state index is 0.267. The van der Waals surface area contributed by atoms with E-state index in [1.165, 1.54) is 11.3 Å². The van der Waals surface area contributed by atoms with Gasteiger partial charge < -0.3 is 10.1 Å². The Hall–Kier alpha value is -0.300. The average molecular weight is 257 g/mol. The van der Waals surface area contributed by atoms with Crippen molar-refractivity contribution in [2.75, 3.05) is 19.8 Å². The predicted octanol–water partition coefficient (Wildman–Crippen LogP) is 2.17. The second-order valence-electron chi connectivity index (χ2n) is 2.70. The van der Waals surface area contributed by atoms with Crippen LogP contribution in [0.1, 0.15) is 5.01 Å². The summed E-state index contributed by atoms with van der Waals surface area (Å²) in [5.74, 6) is 0. The van der Waals surface area contributed by atoms with Crippen LogP contribution in [0.2, 0.25) is 4.34 Å². The van der Waals surface area contributed by atoms with Crippen LogP contribution in [0, 0.1) is 0 Å². The van der Waals surface area contributed by atoms with E-state index in [1.54, 1.807) is 6.20 Å². The van der Waals surface area contributed by atoms with Crippen LogP contribution in [-0.2, 0) is 11.3 Å². The quantitative estimate of drug-likeness (QED) is 0.760. The van der Waals surface area contributed by atoms with Crippen LogP contribution in [0.25, 0.3) is 0 Å². The van der Waals surface area contributed by atoms with E-state index in [4.69, 9.17) is 11.6 Å². The lowest BCUT2D eigenvalue weighted by Crippen LogP contribution is -2.20. The van der Waals surface area contributed by atoms with Crippen LogP contribution >= 0.6 is 22.9 Å². The third kappa shape index (κ3) is 5.99. The molecule has 0 atom stereocenters. The standard InChI is InChI=1S/C8H11ClF2N2OS/c9-6-3-13-8(15-6)4-12-1-2-14-5-7(10)11/h3,7,12H,1-2,4-5H2. The second kappa shape index (κ2) is 7.05. The van der Waals surface area contributed by atoms with E-state index in [1.807, 2.05) is 0 Å². The van der Waals surface area contributed by atoms with Crippen molar-refractivity contribution < 1.29 is 13.5 Å². The SMILES string of the molecule is FC(F)COCCNCc1ncc(Cl)s1. The molecule has 1 N–H and O–H groups in total. The fourth-order valence-corrected chi connectivity index (χ4v) is 1.81. The Labute approximate surface area is 95.4 Å². The van der Waals surface area contributed by atoms with Crippen LogP contribution in [0.5, 0.6) is 0 Å². The van der Waals surface area contributed by atoms with E-state index in [2.05, 4.69) is 15.0 Å². The number of nitrogens with zero attached hydrogens (tertiary/aromatic N) is 1. The molecule has 86 valence electrons. The van der Waals surface area contributed by atoms with Crippen molar-refractivity contribution in [2.45, 2.75) is 13.0 Å². The lowest BCUT2D eigenvalue weighted by Gasteiger charge is -2.03. The van der Waals surface area contributed by atoms with Gasteiger partial charge in [-0.05, 0) is 0 Å². The first-order valence-corrected chi connectivity index (χ1v) is 5.54. The predicted molar refractivity (Wildman–Crippen MR) is 55.7 cm³/mol. The Morgan fingerprint density at radius 3 is 3.00 bits per heavy atom. The molecule has 0 amide bonds. The maximum Gasteiger partial charge on any atom is 0.261 e. The lowest BCUT2D eigenvalue weighted by atomic mass is 10.6. The van der Waals surface area contributed by atoms with E-state index < -0.39 is 13.0 Å². The minimum Gasteiger partial charge on any atom is -0.374 e. The van der Waals surface area contributed by atoms with Crippen LogP contribution < -0.4 is 5.32 Å². The van der Waals surface area contributed by atoms with E-state index in [0.717, 1.165) is 5.01 Å². The van der Waals surface area contributed by atoms with Gasteiger partial charge >= 0.3 is 0 Å². The molecule has 7 heteroatoms. The van der Waals surface area contributed by atoms with Crippen molar-refractivity contribution in [3.05, 3.63) is 15.5 Å². The highest BCUT2D eigenvalue weighted by molar-refractivity contribution is 7.15. The molecular weight excluding hydrogens is 246 g/mol. The minimum atomic E-state index is -2.40. The molecule has 0 aromatic carbocycles. The molecule has 0 saturated carbocycles. The van der Waals surface area contributed by atoms with Gasteiger partial charge in [0, 0.05) is 13.1 Å². The number of hydrogen-bond donors (Lipinski definition) is 1. The van der Waals surface area contributed by atoms with Crippen molar-refractivity contribution in [2.24, 2.45) is 0 Å². The number of halogens is 3. The van der Waals surface area contributed by atoms with Crippen molar-refractivity contribution in [3.63, 3.8) is 0 Å². The van der Waals surface area contributed by atoms with Gasteiger partial charge in [0.05, 0.1) is 12.8 Å². The molecule has 0 aliphatic carbocycles. The van der Waals surface area contributed by atoms with Crippen LogP contribution in [0.3, 0.4) is 0 Å². The molecule has 15 heavy (non-hydrogen) atoms. The van der Waals surface area contributed by atoms with Gasteiger partial charge in [-0.2, -0.15) is 0 Å². The number of hydrogen-bond acceptors (Lipinski definition) is 4. The van der Waals surface area contributed by atoms with Crippen molar-refractivity contribution in [3.8, 4) is 0 Å². The lowest BCUT2D eigenvalue weighted by molar-refractivity contribution is 0.0187. The Bertz CT molecular complexity index is 285. The summed E-state index contributed by atoms with van der Waals surface area (Å²) in [7, 11) is 0. The molecule has 0 bridgehead atoms. The molecule has 0 spiro atoms. The van der Waals surface area contributed by atoms with Gasteiger partial charge in [-0.25, -0.2) is 13.8 Å². The Morgan fingerprint density at radius 1 is 1.60 bits per heavy atom. The largest absolute Gasteiger partial charge is 0.374 e. The summed E-state index contributed by atoms with van der Waals surface area (Å²) in [6.07, 6.45) is -0.820. The van der Waals surface area contributed by atoms with Gasteiger partial charge in [0.25, 0.3) is 6.43 Å². The van der Waals surface area contributed by atoms with Crippen LogP contribution in [-0.4, -0.2) is 31.2 Å². The highest BCUT2D eigenvalue weighted by Crippen LogP contribution is 2.17. The zero-order valence-electron chi connectivity index (χ0n) is 7.88. The highest BCUT2D eigenvalue weighted by atomic mass is 35.5. The number of rotatable bonds is 7. The summed E-state index contributed by atoms with van der Waals surface area (Å²) >= 11 is 7.07. The molecule has 1 rings (SSSR count). The topological polar surface area (TPSA) is 34.1 Å². The molecule has 0 aliphatic rings. The average Bonchev–Trinajstić information content (AvgIpc) is 2.57. The number of thiazole rings is 1. The third-order valence-corrected chi connectivity index (χ3v) is 2.58. The Balaban J connectivity index is 1.98. The maximum absolute atomic E-state index is 11.6. The second-order valence-corrected chi connectivity index (χ2v) is 4.45. The summed E-state index contributed by atoms with van der Waals surface area (Å²) in [6.45, 7) is 0.855. The smallest absolute Gasteiger partial charge is 0.261 e. The molecule has 0 fully saturated rings. The summed E-state index contributed by atoms with van der Waals surface area (Å²) in [6, 6.07) is 0. The monoisotopic (exact) mass is 256 g/mol. The molecule has 0 radical (unpaired) electrons. The third-order valence-electron chi connectivity index (χ3n) is 1.47. The molecule has 1 heterocycles. The summed E-state index contributed by atoms with van der Waals surface area (Å²) < 4.78 is 28.6. The fourth-order valence-electron chi connectivity index (χ4n) is 0.882. The van der Waals surface area contributed by atoms with Crippen molar-refractivity contribution >= 4 is 22.9 Å². The first-order chi connectivity index (χ1) is 7.18. The maximum atomic E-state index is 11.6. The Morgan fingerprint density at radius 2 is 2.40 bits per heavy atom. The number of aromatic nitrogens is 1. The van der Waals surface area contributed by atoms with E-state index in [9.17, 15) is 8.78 Å². The van der Waals surface area contributed by atoms with Crippen molar-refractivity contribution in [1.29, 1.82) is 0 Å². The van der Waals surface area contributed by atoms with E-state index in [0.29, 0.717) is 17.4 Å². The van der Waals surface area contributed by atoms with E-state index in [-0.39, 0.29) is 6.61 Å².